The Morgan fingerprint density at radius 1 is 1.24 bits per heavy atom. The van der Waals surface area contributed by atoms with Gasteiger partial charge in [0.1, 0.15) is 12.0 Å². The quantitative estimate of drug-likeness (QED) is 0.333. The van der Waals surface area contributed by atoms with Crippen molar-refractivity contribution < 1.29 is 36.2 Å². The summed E-state index contributed by atoms with van der Waals surface area (Å²) in [5, 5.41) is 22.0. The fraction of sp³-hybridized carbons (Fsp3) is 0.346. The largest absolute Gasteiger partial charge is 0.490 e. The van der Waals surface area contributed by atoms with E-state index in [1.807, 2.05) is 32.2 Å². The fourth-order valence-corrected chi connectivity index (χ4v) is 6.19. The molecule has 1 aromatic carbocycles. The number of nitrogens with zero attached hydrogens (tertiary/aromatic N) is 6. The molecule has 0 spiro atoms. The number of carboxylic acid groups (broad SMARTS) is 1. The third-order valence-electron chi connectivity index (χ3n) is 6.34. The highest BCUT2D eigenvalue weighted by atomic mass is 32.2. The Kier molecular flexibility index (Phi) is 8.95. The first kappa shape index (κ1) is 30.6. The smallest absolute Gasteiger partial charge is 0.475 e. The number of aromatic amines is 1. The number of sulfonamides is 1. The first-order valence-electron chi connectivity index (χ1n) is 12.6. The first-order valence-corrected chi connectivity index (χ1v) is 14.0. The van der Waals surface area contributed by atoms with Gasteiger partial charge in [0.15, 0.2) is 0 Å². The van der Waals surface area contributed by atoms with E-state index >= 15 is 0 Å². The number of H-pyrrole nitrogens is 1. The molecule has 0 aliphatic carbocycles. The van der Waals surface area contributed by atoms with E-state index in [2.05, 4.69) is 26.1 Å². The number of fused-ring (bicyclic) bond motifs is 1. The number of hydrogen-bond acceptors (Lipinski definition) is 8. The zero-order chi connectivity index (χ0) is 30.7. The molecule has 5 rings (SSSR count). The van der Waals surface area contributed by atoms with Gasteiger partial charge in [0.05, 0.1) is 47.5 Å². The molecule has 0 saturated carbocycles. The Bertz CT molecular complexity index is 1700. The van der Waals surface area contributed by atoms with Crippen molar-refractivity contribution >= 4 is 27.0 Å². The molecule has 1 saturated heterocycles. The standard InChI is InChI=1S/C24H25N7O3S.C2HF3O2/c1-16-12-30(13-17(2)34-16)35(32,33)20-5-3-4-18(10-20)22(6-8-25)31-14-19(11-29-31)23-21-7-9-26-24(21)28-15-27-23;3-2(4,5)1(6)7/h3-5,7,9-11,14-17,22H,6,12-13H2,1-2H3,(H,26,27,28);(H,6,7). The van der Waals surface area contributed by atoms with Gasteiger partial charge >= 0.3 is 12.1 Å². The number of hydrogen-bond donors (Lipinski definition) is 2. The van der Waals surface area contributed by atoms with Crippen molar-refractivity contribution in [2.24, 2.45) is 0 Å². The minimum absolute atomic E-state index is 0.125. The monoisotopic (exact) mass is 605 g/mol. The lowest BCUT2D eigenvalue weighted by molar-refractivity contribution is -0.192. The molecule has 1 aliphatic rings. The van der Waals surface area contributed by atoms with Crippen molar-refractivity contribution in [2.75, 3.05) is 13.1 Å². The number of aliphatic carboxylic acids is 1. The number of rotatable bonds is 6. The van der Waals surface area contributed by atoms with Crippen LogP contribution >= 0.6 is 0 Å². The summed E-state index contributed by atoms with van der Waals surface area (Å²) in [7, 11) is -3.72. The second-order valence-corrected chi connectivity index (χ2v) is 11.4. The van der Waals surface area contributed by atoms with Crippen molar-refractivity contribution in [2.45, 2.75) is 49.6 Å². The van der Waals surface area contributed by atoms with Crippen LogP contribution in [0.2, 0.25) is 0 Å². The highest BCUT2D eigenvalue weighted by Gasteiger charge is 2.38. The third-order valence-corrected chi connectivity index (χ3v) is 8.17. The highest BCUT2D eigenvalue weighted by Crippen LogP contribution is 2.30. The lowest BCUT2D eigenvalue weighted by atomic mass is 10.0. The Labute approximate surface area is 238 Å². The van der Waals surface area contributed by atoms with E-state index < -0.39 is 28.2 Å². The number of carbonyl (C=O) groups is 1. The van der Waals surface area contributed by atoms with Gasteiger partial charge in [-0.05, 0) is 37.6 Å². The molecule has 1 fully saturated rings. The van der Waals surface area contributed by atoms with Gasteiger partial charge in [0.2, 0.25) is 10.0 Å². The van der Waals surface area contributed by atoms with Crippen LogP contribution in [0.3, 0.4) is 0 Å². The molecule has 0 radical (unpaired) electrons. The van der Waals surface area contributed by atoms with Crippen LogP contribution in [-0.2, 0) is 19.6 Å². The maximum Gasteiger partial charge on any atom is 0.490 e. The van der Waals surface area contributed by atoms with Crippen molar-refractivity contribution in [3.05, 3.63) is 60.8 Å². The van der Waals surface area contributed by atoms with Crippen LogP contribution in [0.4, 0.5) is 13.2 Å². The number of carboxylic acids is 1. The van der Waals surface area contributed by atoms with Crippen molar-refractivity contribution in [1.82, 2.24) is 29.0 Å². The predicted octanol–water partition coefficient (Wildman–Crippen LogP) is 3.76. The van der Waals surface area contributed by atoms with Gasteiger partial charge < -0.3 is 14.8 Å². The first-order chi connectivity index (χ1) is 19.8. The number of nitrogens with one attached hydrogen (secondary N) is 1. The van der Waals surface area contributed by atoms with Crippen LogP contribution in [-0.4, -0.2) is 80.0 Å². The van der Waals surface area contributed by atoms with Crippen LogP contribution < -0.4 is 0 Å². The van der Waals surface area contributed by atoms with Crippen molar-refractivity contribution in [1.29, 1.82) is 5.26 Å². The lowest BCUT2D eigenvalue weighted by Gasteiger charge is -2.34. The van der Waals surface area contributed by atoms with E-state index in [0.29, 0.717) is 18.7 Å². The molecule has 4 heterocycles. The summed E-state index contributed by atoms with van der Waals surface area (Å²) in [5.74, 6) is -2.76. The Morgan fingerprint density at radius 2 is 1.93 bits per heavy atom. The average Bonchev–Trinajstić information content (AvgIpc) is 3.61. The van der Waals surface area contributed by atoms with Gasteiger partial charge in [-0.15, -0.1) is 0 Å². The number of morpholine rings is 1. The molecule has 1 aliphatic heterocycles. The molecule has 16 heteroatoms. The minimum atomic E-state index is -5.08. The van der Waals surface area contributed by atoms with Gasteiger partial charge in [-0.1, -0.05) is 12.1 Å². The number of nitriles is 1. The van der Waals surface area contributed by atoms with E-state index in [9.17, 15) is 26.9 Å². The Balaban J connectivity index is 0.000000517. The van der Waals surface area contributed by atoms with Crippen LogP contribution in [0, 0.1) is 11.3 Å². The Hall–Kier alpha value is -4.33. The van der Waals surface area contributed by atoms with Crippen molar-refractivity contribution in [3.63, 3.8) is 0 Å². The number of aromatic nitrogens is 5. The molecular formula is C26H26F3N7O5S. The van der Waals surface area contributed by atoms with E-state index in [1.165, 1.54) is 10.6 Å². The summed E-state index contributed by atoms with van der Waals surface area (Å²) in [6.45, 7) is 4.33. The summed E-state index contributed by atoms with van der Waals surface area (Å²) in [6.07, 6.45) is 1.48. The Morgan fingerprint density at radius 3 is 2.57 bits per heavy atom. The van der Waals surface area contributed by atoms with Gasteiger partial charge in [-0.25, -0.2) is 23.2 Å². The topological polar surface area (TPSA) is 167 Å². The molecule has 42 heavy (non-hydrogen) atoms. The summed E-state index contributed by atoms with van der Waals surface area (Å²) in [5.41, 5.74) is 2.91. The third kappa shape index (κ3) is 6.75. The van der Waals surface area contributed by atoms with Gasteiger partial charge in [0, 0.05) is 36.4 Å². The number of benzene rings is 1. The van der Waals surface area contributed by atoms with E-state index in [4.69, 9.17) is 14.6 Å². The second-order valence-electron chi connectivity index (χ2n) is 9.50. The van der Waals surface area contributed by atoms with Gasteiger partial charge in [0.25, 0.3) is 0 Å². The van der Waals surface area contributed by atoms with E-state index in [1.54, 1.807) is 35.3 Å². The summed E-state index contributed by atoms with van der Waals surface area (Å²) < 4.78 is 67.4. The summed E-state index contributed by atoms with van der Waals surface area (Å²) in [6, 6.07) is 10.4. The van der Waals surface area contributed by atoms with Gasteiger partial charge in [-0.3, -0.25) is 4.68 Å². The summed E-state index contributed by atoms with van der Waals surface area (Å²) >= 11 is 0. The molecule has 3 aromatic heterocycles. The van der Waals surface area contributed by atoms with Gasteiger partial charge in [-0.2, -0.15) is 27.8 Å². The molecule has 12 nitrogen and oxygen atoms in total. The fourth-order valence-electron chi connectivity index (χ4n) is 4.54. The maximum atomic E-state index is 13.4. The molecule has 3 unspecified atom stereocenters. The molecule has 3 atom stereocenters. The maximum absolute atomic E-state index is 13.4. The number of halogens is 3. The SMILES string of the molecule is CC1CN(S(=O)(=O)c2cccc(C(CC#N)n3cc(-c4ncnc5[nH]ccc45)cn3)c2)CC(C)O1.O=C(O)C(F)(F)F. The average molecular weight is 606 g/mol. The molecular weight excluding hydrogens is 579 g/mol. The molecule has 4 aromatic rings. The van der Waals surface area contributed by atoms with Crippen LogP contribution in [0.5, 0.6) is 0 Å². The molecule has 0 amide bonds. The molecule has 0 bridgehead atoms. The van der Waals surface area contributed by atoms with Crippen LogP contribution in [0.1, 0.15) is 31.9 Å². The lowest BCUT2D eigenvalue weighted by Crippen LogP contribution is -2.48. The highest BCUT2D eigenvalue weighted by molar-refractivity contribution is 7.89. The number of ether oxygens (including phenoxy) is 1. The normalized spacial score (nSPS) is 18.6. The predicted molar refractivity (Wildman–Crippen MR) is 142 cm³/mol. The van der Waals surface area contributed by atoms with E-state index in [-0.39, 0.29) is 23.5 Å². The molecule has 222 valence electrons. The summed E-state index contributed by atoms with van der Waals surface area (Å²) in [4.78, 5) is 20.8. The molecule has 2 N–H and O–H groups in total. The zero-order valence-corrected chi connectivity index (χ0v) is 23.2. The van der Waals surface area contributed by atoms with Crippen molar-refractivity contribution in [3.8, 4) is 17.3 Å². The second kappa shape index (κ2) is 12.3. The minimum Gasteiger partial charge on any atom is -0.475 e. The van der Waals surface area contributed by atoms with E-state index in [0.717, 1.165) is 22.3 Å². The van der Waals surface area contributed by atoms with Crippen LogP contribution in [0.25, 0.3) is 22.3 Å². The zero-order valence-electron chi connectivity index (χ0n) is 22.4. The van der Waals surface area contributed by atoms with Crippen LogP contribution in [0.15, 0.2) is 60.1 Å². The number of alkyl halides is 3.